The van der Waals surface area contributed by atoms with Crippen molar-refractivity contribution in [1.82, 2.24) is 0 Å². The molecule has 0 radical (unpaired) electrons. The van der Waals surface area contributed by atoms with Crippen molar-refractivity contribution in [2.75, 3.05) is 13.2 Å². The molecular formula is C11H19ClN2O. The molecule has 4 heteroatoms. The van der Waals surface area contributed by atoms with Crippen molar-refractivity contribution in [2.24, 2.45) is 11.5 Å². The molecule has 1 aromatic rings. The third-order valence-corrected chi connectivity index (χ3v) is 2.03. The van der Waals surface area contributed by atoms with Crippen LogP contribution in [0.25, 0.3) is 0 Å². The number of hydrogen-bond acceptors (Lipinski definition) is 3. The Kier molecular flexibility index (Phi) is 7.13. The summed E-state index contributed by atoms with van der Waals surface area (Å²) in [6.07, 6.45) is 0.992. The van der Waals surface area contributed by atoms with Crippen molar-refractivity contribution in [1.29, 1.82) is 0 Å². The highest BCUT2D eigenvalue weighted by Crippen LogP contribution is 2.22. The van der Waals surface area contributed by atoms with Crippen molar-refractivity contribution >= 4 is 12.4 Å². The van der Waals surface area contributed by atoms with Gasteiger partial charge in [0.25, 0.3) is 0 Å². The van der Waals surface area contributed by atoms with E-state index in [2.05, 4.69) is 6.92 Å². The molecule has 3 nitrogen and oxygen atoms in total. The first-order chi connectivity index (χ1) is 6.79. The van der Waals surface area contributed by atoms with E-state index < -0.39 is 0 Å². The molecule has 0 amide bonds. The minimum atomic E-state index is -0.136. The van der Waals surface area contributed by atoms with Gasteiger partial charge in [-0.15, -0.1) is 12.4 Å². The van der Waals surface area contributed by atoms with Gasteiger partial charge >= 0.3 is 0 Å². The zero-order chi connectivity index (χ0) is 10.4. The largest absolute Gasteiger partial charge is 0.493 e. The minimum absolute atomic E-state index is 0. The molecule has 0 aliphatic rings. The van der Waals surface area contributed by atoms with E-state index in [1.807, 2.05) is 24.3 Å². The van der Waals surface area contributed by atoms with Crippen LogP contribution < -0.4 is 16.2 Å². The van der Waals surface area contributed by atoms with Crippen molar-refractivity contribution in [3.8, 4) is 5.75 Å². The standard InChI is InChI=1S/C11H18N2O.ClH/c1-2-7-14-11-6-4-3-5-9(11)10(13)8-12;/h3-6,10H,2,7-8,12-13H2,1H3;1H/t10-;/m0./s1. The molecule has 15 heavy (non-hydrogen) atoms. The molecule has 0 fully saturated rings. The number of rotatable bonds is 5. The molecule has 0 aromatic heterocycles. The molecule has 0 saturated carbocycles. The lowest BCUT2D eigenvalue weighted by atomic mass is 10.1. The van der Waals surface area contributed by atoms with Crippen LogP contribution in [0.1, 0.15) is 24.9 Å². The van der Waals surface area contributed by atoms with Gasteiger partial charge in [0, 0.05) is 18.2 Å². The van der Waals surface area contributed by atoms with Crippen LogP contribution >= 0.6 is 12.4 Å². The molecule has 0 bridgehead atoms. The summed E-state index contributed by atoms with van der Waals surface area (Å²) in [4.78, 5) is 0. The average molecular weight is 231 g/mol. The second kappa shape index (κ2) is 7.51. The van der Waals surface area contributed by atoms with Gasteiger partial charge in [-0.2, -0.15) is 0 Å². The van der Waals surface area contributed by atoms with Gasteiger partial charge in [0.1, 0.15) is 5.75 Å². The summed E-state index contributed by atoms with van der Waals surface area (Å²) in [5.74, 6) is 0.854. The Labute approximate surface area is 97.2 Å². The molecule has 4 N–H and O–H groups in total. The monoisotopic (exact) mass is 230 g/mol. The summed E-state index contributed by atoms with van der Waals surface area (Å²) in [5.41, 5.74) is 12.4. The average Bonchev–Trinajstić information content (AvgIpc) is 2.25. The van der Waals surface area contributed by atoms with E-state index >= 15 is 0 Å². The Bertz CT molecular complexity index is 281. The zero-order valence-corrected chi connectivity index (χ0v) is 9.80. The number of benzene rings is 1. The molecule has 0 aliphatic carbocycles. The number of hydrogen-bond donors (Lipinski definition) is 2. The van der Waals surface area contributed by atoms with Gasteiger partial charge in [-0.05, 0) is 12.5 Å². The van der Waals surface area contributed by atoms with E-state index in [9.17, 15) is 0 Å². The topological polar surface area (TPSA) is 61.3 Å². The summed E-state index contributed by atoms with van der Waals surface area (Å²) in [5, 5.41) is 0. The van der Waals surface area contributed by atoms with Crippen molar-refractivity contribution < 1.29 is 4.74 Å². The summed E-state index contributed by atoms with van der Waals surface area (Å²) in [7, 11) is 0. The third-order valence-electron chi connectivity index (χ3n) is 2.03. The van der Waals surface area contributed by atoms with E-state index in [4.69, 9.17) is 16.2 Å². The molecule has 0 spiro atoms. The summed E-state index contributed by atoms with van der Waals surface area (Å²) >= 11 is 0. The van der Waals surface area contributed by atoms with Gasteiger partial charge in [-0.3, -0.25) is 0 Å². The quantitative estimate of drug-likeness (QED) is 0.812. The van der Waals surface area contributed by atoms with Crippen LogP contribution in [0.3, 0.4) is 0 Å². The fourth-order valence-corrected chi connectivity index (χ4v) is 1.26. The molecule has 1 atom stereocenters. The normalized spacial score (nSPS) is 11.7. The van der Waals surface area contributed by atoms with Gasteiger partial charge < -0.3 is 16.2 Å². The molecule has 0 unspecified atom stereocenters. The van der Waals surface area contributed by atoms with Gasteiger partial charge in [-0.25, -0.2) is 0 Å². The second-order valence-electron chi connectivity index (χ2n) is 3.23. The smallest absolute Gasteiger partial charge is 0.124 e. The maximum atomic E-state index is 5.86. The highest BCUT2D eigenvalue weighted by atomic mass is 35.5. The van der Waals surface area contributed by atoms with Gasteiger partial charge in [-0.1, -0.05) is 25.1 Å². The van der Waals surface area contributed by atoms with E-state index in [0.717, 1.165) is 17.7 Å². The molecule has 86 valence electrons. The predicted octanol–water partition coefficient (Wildman–Crippen LogP) is 1.86. The zero-order valence-electron chi connectivity index (χ0n) is 8.98. The van der Waals surface area contributed by atoms with E-state index in [-0.39, 0.29) is 18.4 Å². The molecule has 0 saturated heterocycles. The van der Waals surface area contributed by atoms with Crippen LogP contribution in [-0.4, -0.2) is 13.2 Å². The fourth-order valence-electron chi connectivity index (χ4n) is 1.26. The van der Waals surface area contributed by atoms with Crippen LogP contribution in [-0.2, 0) is 0 Å². The molecule has 1 aromatic carbocycles. The summed E-state index contributed by atoms with van der Waals surface area (Å²) in [6.45, 7) is 3.23. The molecular weight excluding hydrogens is 212 g/mol. The highest BCUT2D eigenvalue weighted by Gasteiger charge is 2.09. The van der Waals surface area contributed by atoms with Crippen LogP contribution in [0.15, 0.2) is 24.3 Å². The first-order valence-corrected chi connectivity index (χ1v) is 4.97. The first kappa shape index (κ1) is 14.2. The van der Waals surface area contributed by atoms with Crippen molar-refractivity contribution in [3.63, 3.8) is 0 Å². The lowest BCUT2D eigenvalue weighted by Crippen LogP contribution is -2.21. The SMILES string of the molecule is CCCOc1ccccc1[C@@H](N)CN.Cl. The van der Waals surface area contributed by atoms with Crippen molar-refractivity contribution in [3.05, 3.63) is 29.8 Å². The number of nitrogens with two attached hydrogens (primary N) is 2. The van der Waals surface area contributed by atoms with Gasteiger partial charge in [0.15, 0.2) is 0 Å². The number of ether oxygens (including phenoxy) is 1. The van der Waals surface area contributed by atoms with Gasteiger partial charge in [0.2, 0.25) is 0 Å². The Balaban J connectivity index is 0.00000196. The van der Waals surface area contributed by atoms with Crippen LogP contribution in [0.2, 0.25) is 0 Å². The Morgan fingerprint density at radius 2 is 2.00 bits per heavy atom. The lowest BCUT2D eigenvalue weighted by Gasteiger charge is -2.14. The van der Waals surface area contributed by atoms with E-state index in [1.54, 1.807) is 0 Å². The second-order valence-corrected chi connectivity index (χ2v) is 3.23. The van der Waals surface area contributed by atoms with Gasteiger partial charge in [0.05, 0.1) is 6.61 Å². The maximum Gasteiger partial charge on any atom is 0.124 e. The van der Waals surface area contributed by atoms with Crippen LogP contribution in [0, 0.1) is 0 Å². The highest BCUT2D eigenvalue weighted by molar-refractivity contribution is 5.85. The van der Waals surface area contributed by atoms with Crippen molar-refractivity contribution in [2.45, 2.75) is 19.4 Å². The van der Waals surface area contributed by atoms with E-state index in [1.165, 1.54) is 0 Å². The fraction of sp³-hybridized carbons (Fsp3) is 0.455. The minimum Gasteiger partial charge on any atom is -0.493 e. The lowest BCUT2D eigenvalue weighted by molar-refractivity contribution is 0.312. The Morgan fingerprint density at radius 1 is 1.33 bits per heavy atom. The summed E-state index contributed by atoms with van der Waals surface area (Å²) < 4.78 is 5.57. The number of para-hydroxylation sites is 1. The van der Waals surface area contributed by atoms with Crippen LogP contribution in [0.5, 0.6) is 5.75 Å². The Morgan fingerprint density at radius 3 is 2.60 bits per heavy atom. The molecule has 1 rings (SSSR count). The Hall–Kier alpha value is -0.770. The van der Waals surface area contributed by atoms with Crippen LogP contribution in [0.4, 0.5) is 0 Å². The maximum absolute atomic E-state index is 5.86. The predicted molar refractivity (Wildman–Crippen MR) is 65.5 cm³/mol. The number of halogens is 1. The molecule has 0 aliphatic heterocycles. The summed E-state index contributed by atoms with van der Waals surface area (Å²) in [6, 6.07) is 7.65. The van der Waals surface area contributed by atoms with E-state index in [0.29, 0.717) is 13.2 Å². The first-order valence-electron chi connectivity index (χ1n) is 4.97. The third kappa shape index (κ3) is 4.08. The molecule has 0 heterocycles.